The average molecular weight is 259 g/mol. The zero-order valence-electron chi connectivity index (χ0n) is 7.62. The van der Waals surface area contributed by atoms with E-state index in [1.165, 1.54) is 6.26 Å². The Kier molecular flexibility index (Phi) is 2.49. The molecule has 1 aliphatic rings. The van der Waals surface area contributed by atoms with Gasteiger partial charge in [-0.1, -0.05) is 0 Å². The Morgan fingerprint density at radius 3 is 2.57 bits per heavy atom. The molecule has 3 nitrogen and oxygen atoms in total. The summed E-state index contributed by atoms with van der Waals surface area (Å²) in [6, 6.07) is 1.75. The molecule has 1 fully saturated rings. The molecule has 1 heterocycles. The van der Waals surface area contributed by atoms with Gasteiger partial charge in [0.05, 0.1) is 10.7 Å². The van der Waals surface area contributed by atoms with E-state index in [2.05, 4.69) is 15.9 Å². The van der Waals surface area contributed by atoms with Crippen LogP contribution in [0.1, 0.15) is 31.4 Å². The van der Waals surface area contributed by atoms with Crippen molar-refractivity contribution in [1.29, 1.82) is 0 Å². The van der Waals surface area contributed by atoms with Gasteiger partial charge in [-0.25, -0.2) is 0 Å². The van der Waals surface area contributed by atoms with E-state index in [4.69, 9.17) is 4.42 Å². The minimum Gasteiger partial charge on any atom is -0.465 e. The normalized spacial score (nSPS) is 21.1. The summed E-state index contributed by atoms with van der Waals surface area (Å²) in [5, 5.41) is 10.3. The van der Waals surface area contributed by atoms with Gasteiger partial charge in [-0.2, -0.15) is 0 Å². The number of halogens is 1. The first kappa shape index (κ1) is 9.93. The van der Waals surface area contributed by atoms with Crippen molar-refractivity contribution in [2.24, 2.45) is 0 Å². The maximum Gasteiger partial charge on any atom is 0.149 e. The van der Waals surface area contributed by atoms with Crippen LogP contribution in [-0.2, 0) is 10.4 Å². The van der Waals surface area contributed by atoms with Crippen LogP contribution in [0.25, 0.3) is 0 Å². The van der Waals surface area contributed by atoms with Crippen molar-refractivity contribution in [2.75, 3.05) is 0 Å². The monoisotopic (exact) mass is 258 g/mol. The molecule has 0 aliphatic heterocycles. The van der Waals surface area contributed by atoms with E-state index in [9.17, 15) is 9.90 Å². The fourth-order valence-corrected chi connectivity index (χ4v) is 2.37. The van der Waals surface area contributed by atoms with Crippen molar-refractivity contribution in [3.63, 3.8) is 0 Å². The first-order valence-corrected chi connectivity index (χ1v) is 5.39. The average Bonchev–Trinajstić information content (AvgIpc) is 2.58. The maximum absolute atomic E-state index is 11.1. The van der Waals surface area contributed by atoms with Crippen LogP contribution in [0, 0.1) is 0 Å². The molecule has 1 saturated carbocycles. The molecule has 0 radical (unpaired) electrons. The lowest BCUT2D eigenvalue weighted by molar-refractivity contribution is -0.126. The van der Waals surface area contributed by atoms with Crippen LogP contribution >= 0.6 is 15.9 Å². The van der Waals surface area contributed by atoms with Crippen LogP contribution in [0.3, 0.4) is 0 Å². The van der Waals surface area contributed by atoms with Gasteiger partial charge in [0.1, 0.15) is 17.1 Å². The Morgan fingerprint density at radius 1 is 1.43 bits per heavy atom. The summed E-state index contributed by atoms with van der Waals surface area (Å²) >= 11 is 3.31. The summed E-state index contributed by atoms with van der Waals surface area (Å²) < 4.78 is 6.01. The summed E-state index contributed by atoms with van der Waals surface area (Å²) in [4.78, 5) is 11.1. The van der Waals surface area contributed by atoms with Gasteiger partial charge in [-0.05, 0) is 34.8 Å². The van der Waals surface area contributed by atoms with E-state index in [0.29, 0.717) is 31.4 Å². The molecule has 0 bridgehead atoms. The lowest BCUT2D eigenvalue weighted by Gasteiger charge is -2.29. The van der Waals surface area contributed by atoms with E-state index >= 15 is 0 Å². The van der Waals surface area contributed by atoms with Crippen molar-refractivity contribution < 1.29 is 14.3 Å². The van der Waals surface area contributed by atoms with Gasteiger partial charge in [-0.15, -0.1) is 0 Å². The number of furan rings is 1. The number of hydrogen-bond acceptors (Lipinski definition) is 3. The molecular formula is C10H11BrO3. The highest BCUT2D eigenvalue weighted by atomic mass is 79.9. The minimum absolute atomic E-state index is 0.220. The first-order chi connectivity index (χ1) is 6.62. The first-order valence-electron chi connectivity index (χ1n) is 4.59. The van der Waals surface area contributed by atoms with E-state index in [1.807, 2.05) is 0 Å². The van der Waals surface area contributed by atoms with Crippen molar-refractivity contribution in [2.45, 2.75) is 31.3 Å². The number of hydrogen-bond donors (Lipinski definition) is 1. The Hall–Kier alpha value is -0.610. The van der Waals surface area contributed by atoms with Crippen LogP contribution in [0.2, 0.25) is 0 Å². The second kappa shape index (κ2) is 3.51. The predicted molar refractivity (Wildman–Crippen MR) is 53.8 cm³/mol. The number of aliphatic hydroxyl groups is 1. The van der Waals surface area contributed by atoms with Crippen molar-refractivity contribution in [1.82, 2.24) is 0 Å². The van der Waals surface area contributed by atoms with Gasteiger partial charge >= 0.3 is 0 Å². The topological polar surface area (TPSA) is 50.4 Å². The molecule has 1 N–H and O–H groups in total. The Balaban J connectivity index is 2.25. The predicted octanol–water partition coefficient (Wildman–Crippen LogP) is 2.37. The maximum atomic E-state index is 11.1. The molecule has 0 atom stereocenters. The van der Waals surface area contributed by atoms with Gasteiger partial charge in [0.25, 0.3) is 0 Å². The van der Waals surface area contributed by atoms with Crippen LogP contribution in [0.5, 0.6) is 0 Å². The Bertz CT molecular complexity index is 346. The minimum atomic E-state index is -0.962. The lowest BCUT2D eigenvalue weighted by atomic mass is 9.82. The van der Waals surface area contributed by atoms with Crippen LogP contribution in [0.4, 0.5) is 0 Å². The number of rotatable bonds is 1. The summed E-state index contributed by atoms with van der Waals surface area (Å²) in [7, 11) is 0. The molecule has 1 aromatic heterocycles. The molecule has 0 spiro atoms. The molecule has 2 rings (SSSR count). The summed E-state index contributed by atoms with van der Waals surface area (Å²) in [5.74, 6) is 0.766. The zero-order valence-corrected chi connectivity index (χ0v) is 9.21. The van der Waals surface area contributed by atoms with E-state index < -0.39 is 5.60 Å². The van der Waals surface area contributed by atoms with Crippen LogP contribution in [-0.4, -0.2) is 10.9 Å². The molecular weight excluding hydrogens is 248 g/mol. The van der Waals surface area contributed by atoms with Gasteiger partial charge in [0.2, 0.25) is 0 Å². The molecule has 76 valence electrons. The van der Waals surface area contributed by atoms with Crippen molar-refractivity contribution >= 4 is 21.7 Å². The smallest absolute Gasteiger partial charge is 0.149 e. The standard InChI is InChI=1S/C10H11BrO3/c11-8-3-6-14-9(8)10(13)4-1-7(12)2-5-10/h3,6,13H,1-2,4-5H2. The second-order valence-corrected chi connectivity index (χ2v) is 4.52. The van der Waals surface area contributed by atoms with E-state index in [-0.39, 0.29) is 5.78 Å². The highest BCUT2D eigenvalue weighted by Gasteiger charge is 2.38. The highest BCUT2D eigenvalue weighted by molar-refractivity contribution is 9.10. The highest BCUT2D eigenvalue weighted by Crippen LogP contribution is 2.39. The number of ketones is 1. The van der Waals surface area contributed by atoms with Gasteiger partial charge in [0, 0.05) is 12.8 Å². The number of Topliss-reactive ketones (excluding diaryl/α,β-unsaturated/α-hetero) is 1. The summed E-state index contributed by atoms with van der Waals surface area (Å²) in [6.45, 7) is 0. The third-order valence-electron chi connectivity index (χ3n) is 2.67. The third-order valence-corrected chi connectivity index (χ3v) is 3.30. The fourth-order valence-electron chi connectivity index (χ4n) is 1.80. The molecule has 1 aliphatic carbocycles. The fraction of sp³-hybridized carbons (Fsp3) is 0.500. The zero-order chi connectivity index (χ0) is 10.2. The molecule has 1 aromatic rings. The van der Waals surface area contributed by atoms with Crippen molar-refractivity contribution in [3.8, 4) is 0 Å². The van der Waals surface area contributed by atoms with Crippen LogP contribution < -0.4 is 0 Å². The van der Waals surface area contributed by atoms with Crippen molar-refractivity contribution in [3.05, 3.63) is 22.6 Å². The SMILES string of the molecule is O=C1CCC(O)(c2occc2Br)CC1. The van der Waals surface area contributed by atoms with Gasteiger partial charge in [-0.3, -0.25) is 4.79 Å². The van der Waals surface area contributed by atoms with Crippen LogP contribution in [0.15, 0.2) is 21.2 Å². The molecule has 0 aromatic carbocycles. The summed E-state index contributed by atoms with van der Waals surface area (Å²) in [5.41, 5.74) is -0.962. The summed E-state index contributed by atoms with van der Waals surface area (Å²) in [6.07, 6.45) is 3.32. The quantitative estimate of drug-likeness (QED) is 0.842. The van der Waals surface area contributed by atoms with E-state index in [1.54, 1.807) is 6.07 Å². The Labute approximate surface area is 90.2 Å². The largest absolute Gasteiger partial charge is 0.465 e. The second-order valence-electron chi connectivity index (χ2n) is 3.67. The van der Waals surface area contributed by atoms with E-state index in [0.717, 1.165) is 4.47 Å². The van der Waals surface area contributed by atoms with Gasteiger partial charge < -0.3 is 9.52 Å². The number of carbonyl (C=O) groups excluding carboxylic acids is 1. The lowest BCUT2D eigenvalue weighted by Crippen LogP contribution is -2.31. The Morgan fingerprint density at radius 2 is 2.07 bits per heavy atom. The molecule has 0 amide bonds. The van der Waals surface area contributed by atoms with Gasteiger partial charge in [0.15, 0.2) is 0 Å². The number of carbonyl (C=O) groups is 1. The molecule has 0 unspecified atom stereocenters. The molecule has 14 heavy (non-hydrogen) atoms. The third kappa shape index (κ3) is 1.64. The molecule has 0 saturated heterocycles. The molecule has 4 heteroatoms.